The minimum absolute atomic E-state index is 0.0747. The average Bonchev–Trinajstić information content (AvgIpc) is 3.18. The summed E-state index contributed by atoms with van der Waals surface area (Å²) in [5.41, 5.74) is -0.142. The van der Waals surface area contributed by atoms with Crippen molar-refractivity contribution in [3.05, 3.63) is 29.6 Å². The van der Waals surface area contributed by atoms with Crippen molar-refractivity contribution in [1.82, 2.24) is 14.7 Å². The number of hydrogen-bond donors (Lipinski definition) is 2. The van der Waals surface area contributed by atoms with Crippen LogP contribution in [-0.2, 0) is 14.4 Å². The maximum Gasteiger partial charge on any atom is 0.270 e. The van der Waals surface area contributed by atoms with E-state index in [0.29, 0.717) is 29.2 Å². The van der Waals surface area contributed by atoms with Crippen molar-refractivity contribution in [3.63, 3.8) is 0 Å². The Morgan fingerprint density at radius 2 is 2.10 bits per heavy atom. The smallest absolute Gasteiger partial charge is 0.270 e. The Bertz CT molecular complexity index is 856. The normalized spacial score (nSPS) is 20.2. The van der Waals surface area contributed by atoms with Crippen LogP contribution in [0.3, 0.4) is 0 Å². The summed E-state index contributed by atoms with van der Waals surface area (Å²) in [5.74, 6) is -1.97. The van der Waals surface area contributed by atoms with Gasteiger partial charge in [-0.3, -0.25) is 19.6 Å². The van der Waals surface area contributed by atoms with Gasteiger partial charge in [-0.15, -0.1) is 0 Å². The highest BCUT2D eigenvalue weighted by Crippen LogP contribution is 2.31. The number of likely N-dealkylation sites (tertiary alicyclic amines) is 1. The Morgan fingerprint density at radius 1 is 1.39 bits per heavy atom. The van der Waals surface area contributed by atoms with Crippen LogP contribution in [0.5, 0.6) is 0 Å². The molecule has 1 aliphatic heterocycles. The predicted octanol–water partition coefficient (Wildman–Crippen LogP) is 1.82. The van der Waals surface area contributed by atoms with Gasteiger partial charge in [-0.05, 0) is 36.8 Å². The molecule has 0 radical (unpaired) electrons. The number of aromatic nitrogens is 1. The molecule has 0 spiro atoms. The van der Waals surface area contributed by atoms with Crippen molar-refractivity contribution in [2.24, 2.45) is 22.7 Å². The lowest BCUT2D eigenvalue weighted by atomic mass is 9.93. The van der Waals surface area contributed by atoms with Crippen molar-refractivity contribution in [2.45, 2.75) is 52.5 Å². The topological polar surface area (TPSA) is 115 Å². The van der Waals surface area contributed by atoms with Gasteiger partial charge in [-0.2, -0.15) is 9.72 Å². The van der Waals surface area contributed by atoms with Gasteiger partial charge >= 0.3 is 0 Å². The van der Waals surface area contributed by atoms with Gasteiger partial charge in [0.2, 0.25) is 12.3 Å². The molecule has 1 aromatic rings. The molecule has 3 atom stereocenters. The molecule has 1 saturated heterocycles. The second kappa shape index (κ2) is 11.0. The van der Waals surface area contributed by atoms with E-state index >= 15 is 0 Å². The standard InChI is InChI=1S/C21H31FN4O5/c1-4-5-6-15(10-24(30)13-27)21(29)25-11-16(14(2)3)9-18(25)20(28)23-19-8-7-17(22)12-26(19)31/h7-8,12-16,18,30-31H,4-6,9-11H2,1-3H3/t15-,16-,18+/m1/s1. The SMILES string of the molecule is CCCC[C@H](CN(O)C=O)C(=O)N1C[C@H](C(C)C)C[C@H]1C(=O)N=c1ccc(F)cn1O. The van der Waals surface area contributed by atoms with Gasteiger partial charge in [0, 0.05) is 6.54 Å². The minimum atomic E-state index is -0.836. The molecule has 1 aromatic heterocycles. The molecular formula is C21H31FN4O5. The highest BCUT2D eigenvalue weighted by Gasteiger charge is 2.42. The van der Waals surface area contributed by atoms with E-state index in [0.717, 1.165) is 25.1 Å². The Kier molecular flexibility index (Phi) is 8.73. The molecule has 10 heteroatoms. The number of carbonyl (C=O) groups excluding carboxylic acids is 3. The molecule has 0 aliphatic carbocycles. The second-order valence-corrected chi connectivity index (χ2v) is 8.31. The number of unbranched alkanes of at least 4 members (excludes halogenated alkanes) is 1. The molecule has 0 aromatic carbocycles. The maximum absolute atomic E-state index is 13.3. The zero-order chi connectivity index (χ0) is 23.1. The molecule has 2 N–H and O–H groups in total. The second-order valence-electron chi connectivity index (χ2n) is 8.31. The minimum Gasteiger partial charge on any atom is -0.427 e. The lowest BCUT2D eigenvalue weighted by molar-refractivity contribution is -0.158. The zero-order valence-electron chi connectivity index (χ0n) is 18.1. The van der Waals surface area contributed by atoms with Crippen LogP contribution in [0, 0.1) is 23.6 Å². The monoisotopic (exact) mass is 438 g/mol. The number of pyridine rings is 1. The fourth-order valence-corrected chi connectivity index (χ4v) is 3.81. The van der Waals surface area contributed by atoms with Gasteiger partial charge in [0.1, 0.15) is 11.9 Å². The molecule has 2 heterocycles. The number of hydroxylamine groups is 2. The Morgan fingerprint density at radius 3 is 2.68 bits per heavy atom. The molecule has 172 valence electrons. The zero-order valence-corrected chi connectivity index (χ0v) is 18.1. The molecular weight excluding hydrogens is 407 g/mol. The van der Waals surface area contributed by atoms with Crippen LogP contribution >= 0.6 is 0 Å². The van der Waals surface area contributed by atoms with E-state index in [9.17, 15) is 29.2 Å². The fraction of sp³-hybridized carbons (Fsp3) is 0.619. The van der Waals surface area contributed by atoms with Gasteiger partial charge in [-0.1, -0.05) is 33.6 Å². The molecule has 0 saturated carbocycles. The Labute approximate surface area is 180 Å². The summed E-state index contributed by atoms with van der Waals surface area (Å²) in [5, 5.41) is 19.9. The van der Waals surface area contributed by atoms with E-state index in [1.807, 2.05) is 20.8 Å². The molecule has 0 unspecified atom stereocenters. The van der Waals surface area contributed by atoms with E-state index < -0.39 is 23.7 Å². The summed E-state index contributed by atoms with van der Waals surface area (Å²) in [6.07, 6.45) is 3.48. The fourth-order valence-electron chi connectivity index (χ4n) is 3.81. The summed E-state index contributed by atoms with van der Waals surface area (Å²) in [7, 11) is 0. The van der Waals surface area contributed by atoms with Crippen molar-refractivity contribution in [2.75, 3.05) is 13.1 Å². The van der Waals surface area contributed by atoms with Crippen LogP contribution in [0.4, 0.5) is 4.39 Å². The number of carbonyl (C=O) groups is 3. The van der Waals surface area contributed by atoms with E-state index in [2.05, 4.69) is 4.99 Å². The molecule has 2 rings (SSSR count). The van der Waals surface area contributed by atoms with Crippen LogP contribution in [0.2, 0.25) is 0 Å². The number of nitrogens with zero attached hydrogens (tertiary/aromatic N) is 4. The first-order valence-electron chi connectivity index (χ1n) is 10.5. The predicted molar refractivity (Wildman–Crippen MR) is 108 cm³/mol. The first kappa shape index (κ1) is 24.5. The number of hydrogen-bond acceptors (Lipinski definition) is 5. The van der Waals surface area contributed by atoms with Crippen molar-refractivity contribution in [3.8, 4) is 0 Å². The van der Waals surface area contributed by atoms with Crippen LogP contribution in [0.1, 0.15) is 46.5 Å². The first-order chi connectivity index (χ1) is 14.7. The Balaban J connectivity index is 2.33. The molecule has 0 bridgehead atoms. The average molecular weight is 439 g/mol. The van der Waals surface area contributed by atoms with Crippen molar-refractivity contribution in [1.29, 1.82) is 0 Å². The van der Waals surface area contributed by atoms with Crippen LogP contribution < -0.4 is 5.49 Å². The largest absolute Gasteiger partial charge is 0.427 e. The molecule has 31 heavy (non-hydrogen) atoms. The van der Waals surface area contributed by atoms with Crippen molar-refractivity contribution >= 4 is 18.2 Å². The highest BCUT2D eigenvalue weighted by atomic mass is 19.1. The number of halogens is 1. The van der Waals surface area contributed by atoms with Crippen LogP contribution in [0.15, 0.2) is 23.3 Å². The van der Waals surface area contributed by atoms with Crippen molar-refractivity contribution < 1.29 is 29.2 Å². The summed E-state index contributed by atoms with van der Waals surface area (Å²) in [4.78, 5) is 42.5. The number of amides is 3. The van der Waals surface area contributed by atoms with E-state index in [1.165, 1.54) is 11.0 Å². The van der Waals surface area contributed by atoms with Gasteiger partial charge in [-0.25, -0.2) is 9.45 Å². The van der Waals surface area contributed by atoms with E-state index in [1.54, 1.807) is 0 Å². The quantitative estimate of drug-likeness (QED) is 0.264. The third-order valence-corrected chi connectivity index (χ3v) is 5.73. The van der Waals surface area contributed by atoms with Gasteiger partial charge in [0.05, 0.1) is 18.7 Å². The lowest BCUT2D eigenvalue weighted by Gasteiger charge is -2.28. The lowest BCUT2D eigenvalue weighted by Crippen LogP contribution is -2.46. The summed E-state index contributed by atoms with van der Waals surface area (Å²) in [6.45, 7) is 6.20. The third-order valence-electron chi connectivity index (χ3n) is 5.73. The van der Waals surface area contributed by atoms with Crippen LogP contribution in [-0.4, -0.2) is 62.5 Å². The molecule has 9 nitrogen and oxygen atoms in total. The summed E-state index contributed by atoms with van der Waals surface area (Å²) in [6, 6.07) is 1.41. The Hall–Kier alpha value is -2.75. The van der Waals surface area contributed by atoms with E-state index in [-0.39, 0.29) is 36.2 Å². The summed E-state index contributed by atoms with van der Waals surface area (Å²) < 4.78 is 13.6. The van der Waals surface area contributed by atoms with Crippen LogP contribution in [0.25, 0.3) is 0 Å². The van der Waals surface area contributed by atoms with Gasteiger partial charge in [0.15, 0.2) is 5.49 Å². The van der Waals surface area contributed by atoms with Gasteiger partial charge in [0.25, 0.3) is 5.91 Å². The molecule has 1 aliphatic rings. The molecule has 1 fully saturated rings. The molecule has 3 amide bonds. The number of rotatable bonds is 9. The first-order valence-corrected chi connectivity index (χ1v) is 10.5. The summed E-state index contributed by atoms with van der Waals surface area (Å²) >= 11 is 0. The van der Waals surface area contributed by atoms with E-state index in [4.69, 9.17) is 0 Å². The highest BCUT2D eigenvalue weighted by molar-refractivity contribution is 5.89. The maximum atomic E-state index is 13.3. The van der Waals surface area contributed by atoms with Gasteiger partial charge < -0.3 is 10.1 Å². The third kappa shape index (κ3) is 6.36.